The summed E-state index contributed by atoms with van der Waals surface area (Å²) in [5, 5.41) is 0. The number of carbonyl (C=O) groups excluding carboxylic acids is 2. The van der Waals surface area contributed by atoms with Crippen LogP contribution in [0, 0.1) is 0 Å². The second-order valence-corrected chi connectivity index (χ2v) is 4.41. The zero-order valence-corrected chi connectivity index (χ0v) is 10.8. The zero-order valence-electron chi connectivity index (χ0n) is 10.8. The Balaban J connectivity index is 2.27. The van der Waals surface area contributed by atoms with E-state index in [1.165, 1.54) is 0 Å². The molecule has 0 bridgehead atoms. The van der Waals surface area contributed by atoms with E-state index in [9.17, 15) is 9.59 Å². The summed E-state index contributed by atoms with van der Waals surface area (Å²) >= 11 is 0. The normalized spacial score (nSPS) is 19.9. The number of hydrogen-bond donors (Lipinski definition) is 0. The smallest absolute Gasteiger partial charge is 0.339 e. The zero-order chi connectivity index (χ0) is 13.7. The molecule has 0 aromatic heterocycles. The maximum atomic E-state index is 11.9. The Morgan fingerprint density at radius 3 is 2.16 bits per heavy atom. The van der Waals surface area contributed by atoms with E-state index < -0.39 is 11.9 Å². The van der Waals surface area contributed by atoms with Crippen LogP contribution in [-0.2, 0) is 9.47 Å². The summed E-state index contributed by atoms with van der Waals surface area (Å²) < 4.78 is 10.3. The van der Waals surface area contributed by atoms with Gasteiger partial charge in [0.15, 0.2) is 0 Å². The fourth-order valence-corrected chi connectivity index (χ4v) is 1.86. The lowest BCUT2D eigenvalue weighted by atomic mass is 10.1. The van der Waals surface area contributed by atoms with Crippen LogP contribution in [-0.4, -0.2) is 25.2 Å². The van der Waals surface area contributed by atoms with Crippen molar-refractivity contribution in [1.82, 2.24) is 0 Å². The first-order valence-electron chi connectivity index (χ1n) is 6.27. The Hall–Kier alpha value is -2.10. The van der Waals surface area contributed by atoms with Gasteiger partial charge in [0, 0.05) is 6.42 Å². The SMILES string of the molecule is C/C1=C\CCOC(=O)c2ccccc2C(=O)OCC1. The van der Waals surface area contributed by atoms with Crippen LogP contribution in [0.5, 0.6) is 0 Å². The molecule has 1 aliphatic rings. The molecule has 100 valence electrons. The molecule has 1 aromatic rings. The Morgan fingerprint density at radius 1 is 0.947 bits per heavy atom. The van der Waals surface area contributed by atoms with Gasteiger partial charge in [-0.15, -0.1) is 0 Å². The lowest BCUT2D eigenvalue weighted by Crippen LogP contribution is -2.15. The number of hydrogen-bond acceptors (Lipinski definition) is 4. The summed E-state index contributed by atoms with van der Waals surface area (Å²) in [5.74, 6) is -0.972. The van der Waals surface area contributed by atoms with Crippen LogP contribution in [0.15, 0.2) is 35.9 Å². The predicted octanol–water partition coefficient (Wildman–Crippen LogP) is 2.74. The number of cyclic esters (lactones) is 2. The van der Waals surface area contributed by atoms with Crippen molar-refractivity contribution in [3.8, 4) is 0 Å². The van der Waals surface area contributed by atoms with Gasteiger partial charge in [-0.05, 0) is 25.5 Å². The van der Waals surface area contributed by atoms with Crippen molar-refractivity contribution in [2.75, 3.05) is 13.2 Å². The molecule has 0 fully saturated rings. The third kappa shape index (κ3) is 3.44. The Bertz CT molecular complexity index is 517. The predicted molar refractivity (Wildman–Crippen MR) is 70.0 cm³/mol. The fraction of sp³-hybridized carbons (Fsp3) is 0.333. The van der Waals surface area contributed by atoms with Gasteiger partial charge < -0.3 is 9.47 Å². The summed E-state index contributed by atoms with van der Waals surface area (Å²) in [4.78, 5) is 23.8. The van der Waals surface area contributed by atoms with E-state index in [0.29, 0.717) is 26.1 Å². The minimum absolute atomic E-state index is 0.258. The van der Waals surface area contributed by atoms with Crippen LogP contribution in [0.1, 0.15) is 40.5 Å². The maximum Gasteiger partial charge on any atom is 0.339 e. The van der Waals surface area contributed by atoms with Gasteiger partial charge in [-0.1, -0.05) is 23.8 Å². The molecule has 0 atom stereocenters. The van der Waals surface area contributed by atoms with Crippen LogP contribution < -0.4 is 0 Å². The van der Waals surface area contributed by atoms with Gasteiger partial charge in [0.05, 0.1) is 24.3 Å². The molecular weight excluding hydrogens is 244 g/mol. The number of ether oxygens (including phenoxy) is 2. The summed E-state index contributed by atoms with van der Waals surface area (Å²) in [7, 11) is 0. The molecule has 1 heterocycles. The summed E-state index contributed by atoms with van der Waals surface area (Å²) in [5.41, 5.74) is 1.64. The minimum atomic E-state index is -0.487. The Labute approximate surface area is 112 Å². The number of carbonyl (C=O) groups is 2. The van der Waals surface area contributed by atoms with E-state index in [1.54, 1.807) is 24.3 Å². The van der Waals surface area contributed by atoms with Gasteiger partial charge in [0.2, 0.25) is 0 Å². The molecule has 0 spiro atoms. The third-order valence-corrected chi connectivity index (χ3v) is 2.94. The highest BCUT2D eigenvalue weighted by atomic mass is 16.5. The number of rotatable bonds is 0. The monoisotopic (exact) mass is 260 g/mol. The van der Waals surface area contributed by atoms with Gasteiger partial charge in [0.25, 0.3) is 0 Å². The van der Waals surface area contributed by atoms with Gasteiger partial charge >= 0.3 is 11.9 Å². The molecule has 4 heteroatoms. The van der Waals surface area contributed by atoms with Gasteiger partial charge in [-0.2, -0.15) is 0 Å². The van der Waals surface area contributed by atoms with Crippen LogP contribution in [0.2, 0.25) is 0 Å². The van der Waals surface area contributed by atoms with Crippen LogP contribution >= 0.6 is 0 Å². The molecule has 0 saturated carbocycles. The highest BCUT2D eigenvalue weighted by molar-refractivity contribution is 6.03. The van der Waals surface area contributed by atoms with E-state index >= 15 is 0 Å². The van der Waals surface area contributed by atoms with Crippen molar-refractivity contribution in [2.24, 2.45) is 0 Å². The molecule has 0 radical (unpaired) electrons. The molecule has 0 aliphatic carbocycles. The number of fused-ring (bicyclic) bond motifs is 1. The number of esters is 2. The average molecular weight is 260 g/mol. The molecule has 1 aliphatic heterocycles. The fourth-order valence-electron chi connectivity index (χ4n) is 1.86. The van der Waals surface area contributed by atoms with Crippen LogP contribution in [0.25, 0.3) is 0 Å². The molecule has 0 N–H and O–H groups in total. The largest absolute Gasteiger partial charge is 0.462 e. The lowest BCUT2D eigenvalue weighted by Gasteiger charge is -2.11. The second kappa shape index (κ2) is 6.18. The van der Waals surface area contributed by atoms with Gasteiger partial charge in [-0.3, -0.25) is 0 Å². The molecule has 19 heavy (non-hydrogen) atoms. The van der Waals surface area contributed by atoms with E-state index in [2.05, 4.69) is 0 Å². The molecule has 0 unspecified atom stereocenters. The van der Waals surface area contributed by atoms with Crippen molar-refractivity contribution in [3.63, 3.8) is 0 Å². The molecule has 2 rings (SSSR count). The van der Waals surface area contributed by atoms with E-state index in [0.717, 1.165) is 5.57 Å². The maximum absolute atomic E-state index is 11.9. The summed E-state index contributed by atoms with van der Waals surface area (Å²) in [6.45, 7) is 2.61. The molecule has 1 aromatic carbocycles. The highest BCUT2D eigenvalue weighted by Gasteiger charge is 2.19. The highest BCUT2D eigenvalue weighted by Crippen LogP contribution is 2.14. The topological polar surface area (TPSA) is 52.6 Å². The van der Waals surface area contributed by atoms with Crippen molar-refractivity contribution >= 4 is 11.9 Å². The third-order valence-electron chi connectivity index (χ3n) is 2.94. The first-order valence-corrected chi connectivity index (χ1v) is 6.27. The Morgan fingerprint density at radius 2 is 1.53 bits per heavy atom. The molecule has 0 saturated heterocycles. The van der Waals surface area contributed by atoms with Crippen molar-refractivity contribution in [1.29, 1.82) is 0 Å². The van der Waals surface area contributed by atoms with E-state index in [4.69, 9.17) is 9.47 Å². The van der Waals surface area contributed by atoms with Crippen LogP contribution in [0.4, 0.5) is 0 Å². The molecule has 4 nitrogen and oxygen atoms in total. The van der Waals surface area contributed by atoms with E-state index in [1.807, 2.05) is 13.0 Å². The summed E-state index contributed by atoms with van der Waals surface area (Å²) in [6.07, 6.45) is 3.37. The summed E-state index contributed by atoms with van der Waals surface area (Å²) in [6, 6.07) is 6.55. The van der Waals surface area contributed by atoms with Crippen LogP contribution in [0.3, 0.4) is 0 Å². The second-order valence-electron chi connectivity index (χ2n) is 4.41. The quantitative estimate of drug-likeness (QED) is 0.531. The van der Waals surface area contributed by atoms with Gasteiger partial charge in [0.1, 0.15) is 0 Å². The molecular formula is C15H16O4. The standard InChI is InChI=1S/C15H16O4/c1-11-5-4-9-18-14(16)12-6-2-3-7-13(12)15(17)19-10-8-11/h2-3,5-7H,4,8-10H2,1H3/b11-5+. The first-order chi connectivity index (χ1) is 9.18. The number of benzene rings is 1. The lowest BCUT2D eigenvalue weighted by molar-refractivity contribution is 0.0459. The molecule has 0 amide bonds. The van der Waals surface area contributed by atoms with E-state index in [-0.39, 0.29) is 11.1 Å². The average Bonchev–Trinajstić information content (AvgIpc) is 2.42. The van der Waals surface area contributed by atoms with Crippen molar-refractivity contribution < 1.29 is 19.1 Å². The van der Waals surface area contributed by atoms with Crippen molar-refractivity contribution in [2.45, 2.75) is 19.8 Å². The first kappa shape index (κ1) is 13.3. The van der Waals surface area contributed by atoms with Crippen molar-refractivity contribution in [3.05, 3.63) is 47.0 Å². The Kier molecular flexibility index (Phi) is 4.34. The minimum Gasteiger partial charge on any atom is -0.462 e. The van der Waals surface area contributed by atoms with Gasteiger partial charge in [-0.25, -0.2) is 9.59 Å².